The van der Waals surface area contributed by atoms with Crippen LogP contribution in [-0.2, 0) is 11.2 Å². The Morgan fingerprint density at radius 1 is 1.39 bits per heavy atom. The average Bonchev–Trinajstić information content (AvgIpc) is 3.28. The second kappa shape index (κ2) is 8.27. The number of imidazole rings is 1. The molecule has 3 heterocycles. The number of ether oxygens (including phenoxy) is 1. The Morgan fingerprint density at radius 2 is 2.16 bits per heavy atom. The Morgan fingerprint density at radius 3 is 2.90 bits per heavy atom. The number of nitrogens with one attached hydrogen (secondary N) is 1. The zero-order valence-electron chi connectivity index (χ0n) is 15.9. The molecule has 1 N–H and O–H groups in total. The number of hydrogen-bond donors (Lipinski definition) is 1. The maximum atomic E-state index is 12.3. The number of carbonyl (C=O) groups is 1. The summed E-state index contributed by atoms with van der Waals surface area (Å²) in [6.45, 7) is 3.80. The lowest BCUT2D eigenvalue weighted by Gasteiger charge is -2.32. The molecular weight excluding hydrogens is 441 g/mol. The lowest BCUT2D eigenvalue weighted by molar-refractivity contribution is -0.352. The molecule has 31 heavy (non-hydrogen) atoms. The number of fused-ring (bicyclic) bond motifs is 1. The van der Waals surface area contributed by atoms with Gasteiger partial charge in [0, 0.05) is 24.1 Å². The number of hydrogen-bond acceptors (Lipinski definition) is 7. The number of nitrogens with zero attached hydrogens (tertiary/aromatic N) is 5. The first-order valence-electron chi connectivity index (χ1n) is 9.23. The topological polar surface area (TPSA) is 107 Å². The van der Waals surface area contributed by atoms with Crippen molar-refractivity contribution in [2.24, 2.45) is 0 Å². The van der Waals surface area contributed by atoms with Gasteiger partial charge in [0.2, 0.25) is 11.8 Å². The minimum atomic E-state index is -4.65. The van der Waals surface area contributed by atoms with E-state index in [4.69, 9.17) is 16.0 Å². The maximum absolute atomic E-state index is 12.3. The van der Waals surface area contributed by atoms with Gasteiger partial charge in [-0.05, 0) is 19.3 Å². The molecule has 1 aliphatic rings. The van der Waals surface area contributed by atoms with Gasteiger partial charge in [0.1, 0.15) is 5.69 Å². The number of allylic oxidation sites excluding steroid dienone is 1. The van der Waals surface area contributed by atoms with Gasteiger partial charge in [-0.2, -0.15) is 5.10 Å². The molecule has 0 atom stereocenters. The van der Waals surface area contributed by atoms with Crippen molar-refractivity contribution in [2.45, 2.75) is 44.1 Å². The van der Waals surface area contributed by atoms with E-state index < -0.39 is 18.4 Å². The van der Waals surface area contributed by atoms with Crippen LogP contribution in [0.15, 0.2) is 35.2 Å². The summed E-state index contributed by atoms with van der Waals surface area (Å²) in [5.41, 5.74) is 0.993. The van der Waals surface area contributed by atoms with Crippen LogP contribution in [0.5, 0.6) is 0 Å². The molecular formula is C18H16ClF3N6O3. The van der Waals surface area contributed by atoms with Crippen molar-refractivity contribution >= 4 is 23.2 Å². The van der Waals surface area contributed by atoms with Crippen LogP contribution in [-0.4, -0.2) is 43.2 Å². The minimum absolute atomic E-state index is 0.150. The molecule has 0 radical (unpaired) electrons. The third kappa shape index (κ3) is 5.20. The zero-order chi connectivity index (χ0) is 22.2. The summed E-state index contributed by atoms with van der Waals surface area (Å²) >= 11 is 5.86. The second-order valence-corrected chi connectivity index (χ2v) is 7.48. The molecule has 1 aliphatic carbocycles. The molecule has 3 aromatic rings. The molecule has 0 aliphatic heterocycles. The van der Waals surface area contributed by atoms with Gasteiger partial charge >= 0.3 is 6.36 Å². The quantitative estimate of drug-likeness (QED) is 0.580. The number of alkyl halides is 3. The van der Waals surface area contributed by atoms with Crippen LogP contribution in [0.2, 0.25) is 5.02 Å². The monoisotopic (exact) mass is 456 g/mol. The highest BCUT2D eigenvalue weighted by molar-refractivity contribution is 6.30. The molecule has 0 aromatic carbocycles. The van der Waals surface area contributed by atoms with Gasteiger partial charge in [-0.1, -0.05) is 18.2 Å². The summed E-state index contributed by atoms with van der Waals surface area (Å²) in [5.74, 6) is -0.128. The number of rotatable bonds is 7. The Bertz CT molecular complexity index is 1120. The van der Waals surface area contributed by atoms with Crippen LogP contribution >= 0.6 is 11.6 Å². The minimum Gasteiger partial charge on any atom is -0.425 e. The SMILES string of the molecule is C=C(CCc1nnc(C2CC(OC(F)(F)F)C2)o1)NC(=O)c1cn2ncc(Cl)cc2n1. The van der Waals surface area contributed by atoms with E-state index >= 15 is 0 Å². The fraction of sp³-hybridized carbons (Fsp3) is 0.389. The highest BCUT2D eigenvalue weighted by Crippen LogP contribution is 2.40. The van der Waals surface area contributed by atoms with Crippen molar-refractivity contribution < 1.29 is 27.1 Å². The normalized spacial score (nSPS) is 18.7. The molecule has 3 aromatic heterocycles. The predicted octanol–water partition coefficient (Wildman–Crippen LogP) is 3.42. The van der Waals surface area contributed by atoms with Crippen molar-refractivity contribution in [1.29, 1.82) is 0 Å². The first kappa shape index (κ1) is 21.2. The molecule has 1 amide bonds. The molecule has 1 saturated carbocycles. The van der Waals surface area contributed by atoms with Gasteiger partial charge in [0.05, 0.1) is 23.5 Å². The first-order valence-corrected chi connectivity index (χ1v) is 9.61. The molecule has 164 valence electrons. The highest BCUT2D eigenvalue weighted by Gasteiger charge is 2.42. The van der Waals surface area contributed by atoms with Crippen molar-refractivity contribution in [3.05, 3.63) is 53.2 Å². The van der Waals surface area contributed by atoms with Gasteiger partial charge in [-0.15, -0.1) is 23.4 Å². The van der Waals surface area contributed by atoms with Crippen LogP contribution < -0.4 is 5.32 Å². The van der Waals surface area contributed by atoms with Crippen LogP contribution in [0, 0.1) is 0 Å². The molecule has 9 nitrogen and oxygen atoms in total. The van der Waals surface area contributed by atoms with E-state index in [0.29, 0.717) is 35.1 Å². The lowest BCUT2D eigenvalue weighted by Crippen LogP contribution is -2.34. The number of carbonyl (C=O) groups excluding carboxylic acids is 1. The molecule has 0 bridgehead atoms. The third-order valence-electron chi connectivity index (χ3n) is 4.68. The van der Waals surface area contributed by atoms with Gasteiger partial charge in [0.15, 0.2) is 5.65 Å². The van der Waals surface area contributed by atoms with Crippen LogP contribution in [0.4, 0.5) is 13.2 Å². The Balaban J connectivity index is 1.25. The van der Waals surface area contributed by atoms with Gasteiger partial charge < -0.3 is 9.73 Å². The lowest BCUT2D eigenvalue weighted by atomic mass is 9.82. The molecule has 0 spiro atoms. The summed E-state index contributed by atoms with van der Waals surface area (Å²) in [6.07, 6.45) is -1.66. The van der Waals surface area contributed by atoms with Gasteiger partial charge in [-0.25, -0.2) is 9.50 Å². The Hall–Kier alpha value is -2.99. The van der Waals surface area contributed by atoms with Crippen molar-refractivity contribution in [1.82, 2.24) is 30.1 Å². The molecule has 13 heteroatoms. The van der Waals surface area contributed by atoms with E-state index in [0.717, 1.165) is 0 Å². The van der Waals surface area contributed by atoms with Gasteiger partial charge in [0.25, 0.3) is 5.91 Å². The summed E-state index contributed by atoms with van der Waals surface area (Å²) in [5, 5.41) is 14.8. The van der Waals surface area contributed by atoms with E-state index in [1.807, 2.05) is 0 Å². The summed E-state index contributed by atoms with van der Waals surface area (Å²) in [4.78, 5) is 16.5. The van der Waals surface area contributed by atoms with Crippen LogP contribution in [0.25, 0.3) is 5.65 Å². The smallest absolute Gasteiger partial charge is 0.425 e. The van der Waals surface area contributed by atoms with Crippen molar-refractivity contribution in [3.8, 4) is 0 Å². The van der Waals surface area contributed by atoms with E-state index in [1.165, 1.54) is 16.9 Å². The van der Waals surface area contributed by atoms with Crippen LogP contribution in [0.1, 0.15) is 47.5 Å². The van der Waals surface area contributed by atoms with E-state index in [1.54, 1.807) is 6.07 Å². The number of amides is 1. The van der Waals surface area contributed by atoms with Crippen molar-refractivity contribution in [2.75, 3.05) is 0 Å². The molecule has 0 saturated heterocycles. The Kier molecular flexibility index (Phi) is 5.67. The average molecular weight is 457 g/mol. The number of halogens is 4. The summed E-state index contributed by atoms with van der Waals surface area (Å²) < 4.78 is 47.4. The highest BCUT2D eigenvalue weighted by atomic mass is 35.5. The standard InChI is InChI=1S/C18H16ClF3N6O3/c1-9(24-16(29)13-8-28-14(25-13)6-11(19)7-23-28)2-3-15-26-27-17(30-15)10-4-12(5-10)31-18(20,21)22/h6-8,10,12H,1-5H2,(H,24,29). The van der Waals surface area contributed by atoms with E-state index in [9.17, 15) is 18.0 Å². The molecule has 0 unspecified atom stereocenters. The Labute approximate surface area is 178 Å². The summed E-state index contributed by atoms with van der Waals surface area (Å²) in [7, 11) is 0. The van der Waals surface area contributed by atoms with E-state index in [2.05, 4.69) is 36.9 Å². The maximum Gasteiger partial charge on any atom is 0.522 e. The molecule has 4 rings (SSSR count). The second-order valence-electron chi connectivity index (χ2n) is 7.05. The fourth-order valence-corrected chi connectivity index (χ4v) is 3.23. The zero-order valence-corrected chi connectivity index (χ0v) is 16.7. The first-order chi connectivity index (χ1) is 14.7. The molecule has 1 fully saturated rings. The number of aromatic nitrogens is 5. The fourth-order valence-electron chi connectivity index (χ4n) is 3.09. The van der Waals surface area contributed by atoms with Crippen LogP contribution in [0.3, 0.4) is 0 Å². The van der Waals surface area contributed by atoms with E-state index in [-0.39, 0.29) is 30.3 Å². The number of aryl methyl sites for hydroxylation is 1. The largest absolute Gasteiger partial charge is 0.522 e. The third-order valence-corrected chi connectivity index (χ3v) is 4.88. The summed E-state index contributed by atoms with van der Waals surface area (Å²) in [6, 6.07) is 1.58. The predicted molar refractivity (Wildman–Crippen MR) is 100 cm³/mol. The van der Waals surface area contributed by atoms with Crippen molar-refractivity contribution in [3.63, 3.8) is 0 Å². The van der Waals surface area contributed by atoms with Gasteiger partial charge in [-0.3, -0.25) is 9.53 Å².